The molecule has 0 spiro atoms. The zero-order valence-corrected chi connectivity index (χ0v) is 10.9. The van der Waals surface area contributed by atoms with Gasteiger partial charge in [0, 0.05) is 6.04 Å². The number of nitrogens with zero attached hydrogens (tertiary/aromatic N) is 3. The SMILES string of the molecule is CCOC(=O)CN(c1cccc(C#N)n1)C(C)C. The summed E-state index contributed by atoms with van der Waals surface area (Å²) in [5.41, 5.74) is 0.335. The summed E-state index contributed by atoms with van der Waals surface area (Å²) < 4.78 is 4.93. The molecule has 0 radical (unpaired) electrons. The quantitative estimate of drug-likeness (QED) is 0.741. The van der Waals surface area contributed by atoms with Gasteiger partial charge in [0.05, 0.1) is 6.61 Å². The first-order chi connectivity index (χ1) is 8.58. The molecule has 5 heteroatoms. The molecule has 0 saturated carbocycles. The Labute approximate surface area is 107 Å². The van der Waals surface area contributed by atoms with E-state index in [0.717, 1.165) is 0 Å². The summed E-state index contributed by atoms with van der Waals surface area (Å²) in [5.74, 6) is 0.312. The summed E-state index contributed by atoms with van der Waals surface area (Å²) in [6.07, 6.45) is 0. The van der Waals surface area contributed by atoms with Crippen molar-refractivity contribution < 1.29 is 9.53 Å². The third-order valence-corrected chi connectivity index (χ3v) is 2.37. The van der Waals surface area contributed by atoms with Crippen LogP contribution in [0.1, 0.15) is 26.5 Å². The molecule has 0 fully saturated rings. The Morgan fingerprint density at radius 1 is 1.56 bits per heavy atom. The molecule has 0 bridgehead atoms. The van der Waals surface area contributed by atoms with Crippen molar-refractivity contribution in [3.05, 3.63) is 23.9 Å². The molecule has 0 unspecified atom stereocenters. The Morgan fingerprint density at radius 3 is 2.83 bits per heavy atom. The number of hydrogen-bond donors (Lipinski definition) is 0. The Bertz CT molecular complexity index is 452. The van der Waals surface area contributed by atoms with Crippen LogP contribution in [0.3, 0.4) is 0 Å². The molecule has 96 valence electrons. The first-order valence-corrected chi connectivity index (χ1v) is 5.88. The van der Waals surface area contributed by atoms with Crippen LogP contribution in [-0.4, -0.2) is 30.1 Å². The van der Waals surface area contributed by atoms with Crippen molar-refractivity contribution in [2.75, 3.05) is 18.1 Å². The smallest absolute Gasteiger partial charge is 0.325 e. The van der Waals surface area contributed by atoms with Crippen LogP contribution in [0.15, 0.2) is 18.2 Å². The van der Waals surface area contributed by atoms with Gasteiger partial charge in [-0.05, 0) is 32.9 Å². The van der Waals surface area contributed by atoms with Crippen LogP contribution in [0.25, 0.3) is 0 Å². The summed E-state index contributed by atoms with van der Waals surface area (Å²) in [6, 6.07) is 7.24. The normalized spacial score (nSPS) is 9.94. The molecule has 0 atom stereocenters. The largest absolute Gasteiger partial charge is 0.465 e. The Balaban J connectivity index is 2.91. The van der Waals surface area contributed by atoms with Crippen LogP contribution < -0.4 is 4.90 Å². The van der Waals surface area contributed by atoms with Crippen molar-refractivity contribution in [2.45, 2.75) is 26.8 Å². The molecule has 1 aromatic heterocycles. The van der Waals surface area contributed by atoms with Gasteiger partial charge < -0.3 is 9.64 Å². The highest BCUT2D eigenvalue weighted by Gasteiger charge is 2.16. The first-order valence-electron chi connectivity index (χ1n) is 5.88. The number of anilines is 1. The number of hydrogen-bond acceptors (Lipinski definition) is 5. The van der Waals surface area contributed by atoms with Crippen molar-refractivity contribution in [2.24, 2.45) is 0 Å². The fraction of sp³-hybridized carbons (Fsp3) is 0.462. The predicted molar refractivity (Wildman–Crippen MR) is 68.1 cm³/mol. The van der Waals surface area contributed by atoms with Crippen LogP contribution in [0.2, 0.25) is 0 Å². The molecule has 5 nitrogen and oxygen atoms in total. The number of nitriles is 1. The van der Waals surface area contributed by atoms with E-state index >= 15 is 0 Å². The second-order valence-electron chi connectivity index (χ2n) is 4.02. The summed E-state index contributed by atoms with van der Waals surface area (Å²) in [4.78, 5) is 17.5. The van der Waals surface area contributed by atoms with E-state index in [0.29, 0.717) is 18.1 Å². The lowest BCUT2D eigenvalue weighted by Crippen LogP contribution is -2.37. The molecule has 0 aliphatic carbocycles. The van der Waals surface area contributed by atoms with Crippen LogP contribution in [0.4, 0.5) is 5.82 Å². The highest BCUT2D eigenvalue weighted by Crippen LogP contribution is 2.14. The minimum absolute atomic E-state index is 0.0934. The molecule has 1 heterocycles. The lowest BCUT2D eigenvalue weighted by molar-refractivity contribution is -0.141. The van der Waals surface area contributed by atoms with Gasteiger partial charge in [-0.15, -0.1) is 0 Å². The molecule has 0 saturated heterocycles. The van der Waals surface area contributed by atoms with Gasteiger partial charge in [-0.3, -0.25) is 4.79 Å². The van der Waals surface area contributed by atoms with Crippen molar-refractivity contribution >= 4 is 11.8 Å². The summed E-state index contributed by atoms with van der Waals surface area (Å²) in [7, 11) is 0. The van der Waals surface area contributed by atoms with Crippen molar-refractivity contribution in [1.82, 2.24) is 4.98 Å². The molecule has 0 amide bonds. The molecule has 0 aliphatic heterocycles. The highest BCUT2D eigenvalue weighted by atomic mass is 16.5. The van der Waals surface area contributed by atoms with Crippen LogP contribution in [0, 0.1) is 11.3 Å². The van der Waals surface area contributed by atoms with E-state index < -0.39 is 0 Å². The van der Waals surface area contributed by atoms with Gasteiger partial charge in [0.25, 0.3) is 0 Å². The zero-order valence-electron chi connectivity index (χ0n) is 10.9. The zero-order chi connectivity index (χ0) is 13.5. The molecular weight excluding hydrogens is 230 g/mol. The van der Waals surface area contributed by atoms with E-state index in [1.165, 1.54) is 0 Å². The Hall–Kier alpha value is -2.09. The standard InChI is InChI=1S/C13H17N3O2/c1-4-18-13(17)9-16(10(2)3)12-7-5-6-11(8-14)15-12/h5-7,10H,4,9H2,1-3H3. The van der Waals surface area contributed by atoms with E-state index in [2.05, 4.69) is 4.98 Å². The van der Waals surface area contributed by atoms with Gasteiger partial charge in [-0.1, -0.05) is 6.07 Å². The maximum Gasteiger partial charge on any atom is 0.325 e. The van der Waals surface area contributed by atoms with Gasteiger partial charge in [0.15, 0.2) is 0 Å². The number of rotatable bonds is 5. The van der Waals surface area contributed by atoms with Crippen LogP contribution in [0.5, 0.6) is 0 Å². The second-order valence-corrected chi connectivity index (χ2v) is 4.02. The third kappa shape index (κ3) is 3.74. The van der Waals surface area contributed by atoms with Crippen LogP contribution in [-0.2, 0) is 9.53 Å². The number of carbonyl (C=O) groups is 1. The number of esters is 1. The number of pyridine rings is 1. The average molecular weight is 247 g/mol. The summed E-state index contributed by atoms with van der Waals surface area (Å²) >= 11 is 0. The Morgan fingerprint density at radius 2 is 2.28 bits per heavy atom. The lowest BCUT2D eigenvalue weighted by Gasteiger charge is -2.26. The second kappa shape index (κ2) is 6.60. The predicted octanol–water partition coefficient (Wildman–Crippen LogP) is 1.73. The summed E-state index contributed by atoms with van der Waals surface area (Å²) in [6.45, 7) is 6.18. The highest BCUT2D eigenvalue weighted by molar-refractivity contribution is 5.75. The molecule has 18 heavy (non-hydrogen) atoms. The van der Waals surface area contributed by atoms with E-state index in [-0.39, 0.29) is 18.6 Å². The van der Waals surface area contributed by atoms with Gasteiger partial charge in [-0.2, -0.15) is 5.26 Å². The third-order valence-electron chi connectivity index (χ3n) is 2.37. The maximum atomic E-state index is 11.5. The average Bonchev–Trinajstić information content (AvgIpc) is 2.36. The number of aromatic nitrogens is 1. The fourth-order valence-corrected chi connectivity index (χ4v) is 1.52. The fourth-order valence-electron chi connectivity index (χ4n) is 1.52. The van der Waals surface area contributed by atoms with E-state index in [4.69, 9.17) is 10.00 Å². The minimum Gasteiger partial charge on any atom is -0.465 e. The molecule has 0 aromatic carbocycles. The van der Waals surface area contributed by atoms with Gasteiger partial charge in [-0.25, -0.2) is 4.98 Å². The summed E-state index contributed by atoms with van der Waals surface area (Å²) in [5, 5.41) is 8.83. The molecular formula is C13H17N3O2. The number of carbonyl (C=O) groups excluding carboxylic acids is 1. The molecule has 0 N–H and O–H groups in total. The van der Waals surface area contributed by atoms with Gasteiger partial charge in [0.2, 0.25) is 0 Å². The monoisotopic (exact) mass is 247 g/mol. The molecule has 0 aliphatic rings. The molecule has 1 rings (SSSR count). The van der Waals surface area contributed by atoms with Crippen molar-refractivity contribution in [1.29, 1.82) is 5.26 Å². The minimum atomic E-state index is -0.296. The van der Waals surface area contributed by atoms with Crippen LogP contribution >= 0.6 is 0 Å². The maximum absolute atomic E-state index is 11.5. The topological polar surface area (TPSA) is 66.2 Å². The van der Waals surface area contributed by atoms with Gasteiger partial charge in [0.1, 0.15) is 24.1 Å². The first kappa shape index (κ1) is 14.0. The lowest BCUT2D eigenvalue weighted by atomic mass is 10.3. The van der Waals surface area contributed by atoms with Crippen molar-refractivity contribution in [3.63, 3.8) is 0 Å². The van der Waals surface area contributed by atoms with Gasteiger partial charge >= 0.3 is 5.97 Å². The van der Waals surface area contributed by atoms with Crippen molar-refractivity contribution in [3.8, 4) is 6.07 Å². The Kier molecular flexibility index (Phi) is 5.12. The van der Waals surface area contributed by atoms with E-state index in [1.54, 1.807) is 30.0 Å². The van der Waals surface area contributed by atoms with E-state index in [9.17, 15) is 4.79 Å². The number of ether oxygens (including phenoxy) is 1. The molecule has 1 aromatic rings. The van der Waals surface area contributed by atoms with E-state index in [1.807, 2.05) is 19.9 Å².